The standard InChI is InChI=1S/C27H33NO10/c1-12(29)37-16-9-26(2)14(5-6-17(26)30)19-21(16)27(3)18(11-36-4)38-25(35)13(20(27)23(32)22(19)31)10-28-8-7-15(28)24(33)34/h10,14-18,30,32H,5-9,11H2,1-4H3,(H,33,34)/b13-10-. The van der Waals surface area contributed by atoms with E-state index in [-0.39, 0.29) is 29.7 Å². The van der Waals surface area contributed by atoms with Crippen LogP contribution in [-0.2, 0) is 33.4 Å². The second kappa shape index (κ2) is 8.94. The van der Waals surface area contributed by atoms with Crippen molar-refractivity contribution < 1.29 is 48.7 Å². The number of ketones is 1. The van der Waals surface area contributed by atoms with Crippen LogP contribution in [-0.4, -0.2) is 88.5 Å². The Kier molecular flexibility index (Phi) is 6.22. The molecule has 0 bridgehead atoms. The highest BCUT2D eigenvalue weighted by Gasteiger charge is 2.64. The van der Waals surface area contributed by atoms with Crippen LogP contribution in [0.1, 0.15) is 46.5 Å². The number of carboxylic acid groups (broad SMARTS) is 1. The van der Waals surface area contributed by atoms with Crippen molar-refractivity contribution in [2.75, 3.05) is 20.3 Å². The molecule has 0 aromatic heterocycles. The van der Waals surface area contributed by atoms with Crippen LogP contribution in [0.3, 0.4) is 0 Å². The molecule has 0 radical (unpaired) electrons. The molecule has 0 amide bonds. The van der Waals surface area contributed by atoms with Gasteiger partial charge in [0.15, 0.2) is 5.76 Å². The van der Waals surface area contributed by atoms with Crippen molar-refractivity contribution in [1.82, 2.24) is 4.90 Å². The fraction of sp³-hybridized carbons (Fsp3) is 0.630. The summed E-state index contributed by atoms with van der Waals surface area (Å²) in [5, 5.41) is 31.9. The Hall–Kier alpha value is -3.18. The number of carbonyl (C=O) groups excluding carboxylic acids is 3. The van der Waals surface area contributed by atoms with Gasteiger partial charge in [-0.3, -0.25) is 9.59 Å². The highest BCUT2D eigenvalue weighted by molar-refractivity contribution is 6.13. The Morgan fingerprint density at radius 2 is 1.92 bits per heavy atom. The van der Waals surface area contributed by atoms with Gasteiger partial charge in [0.25, 0.3) is 0 Å². The Morgan fingerprint density at radius 3 is 2.50 bits per heavy atom. The van der Waals surface area contributed by atoms with Crippen molar-refractivity contribution in [2.45, 2.75) is 70.8 Å². The van der Waals surface area contributed by atoms with Crippen molar-refractivity contribution in [3.8, 4) is 0 Å². The monoisotopic (exact) mass is 531 g/mol. The van der Waals surface area contributed by atoms with E-state index in [1.165, 1.54) is 25.1 Å². The first-order chi connectivity index (χ1) is 17.9. The summed E-state index contributed by atoms with van der Waals surface area (Å²) in [5.74, 6) is -4.18. The Morgan fingerprint density at radius 1 is 1.21 bits per heavy atom. The molecule has 3 aliphatic carbocycles. The number of esters is 2. The first-order valence-corrected chi connectivity index (χ1v) is 12.8. The van der Waals surface area contributed by atoms with Crippen LogP contribution >= 0.6 is 0 Å². The maximum atomic E-state index is 13.9. The highest BCUT2D eigenvalue weighted by atomic mass is 16.6. The molecule has 3 N–H and O–H groups in total. The molecule has 2 heterocycles. The average molecular weight is 532 g/mol. The van der Waals surface area contributed by atoms with Gasteiger partial charge in [-0.2, -0.15) is 0 Å². The molecule has 11 nitrogen and oxygen atoms in total. The molecule has 5 rings (SSSR count). The molecule has 2 saturated heterocycles. The smallest absolute Gasteiger partial charge is 0.340 e. The molecule has 2 aliphatic heterocycles. The van der Waals surface area contributed by atoms with Crippen LogP contribution in [0.5, 0.6) is 0 Å². The number of nitrogens with zero attached hydrogens (tertiary/aromatic N) is 1. The number of Topliss-reactive ketones (excluding diaryl/α,β-unsaturated/α-hetero) is 1. The van der Waals surface area contributed by atoms with Gasteiger partial charge in [0.1, 0.15) is 18.2 Å². The van der Waals surface area contributed by atoms with E-state index in [0.29, 0.717) is 31.4 Å². The number of aliphatic hydroxyl groups is 2. The number of allylic oxidation sites excluding steroid dienone is 1. The third-order valence-electron chi connectivity index (χ3n) is 9.30. The summed E-state index contributed by atoms with van der Waals surface area (Å²) in [4.78, 5) is 52.5. The van der Waals surface area contributed by atoms with E-state index in [2.05, 4.69) is 0 Å². The number of rotatable bonds is 5. The quantitative estimate of drug-likeness (QED) is 0.348. The lowest BCUT2D eigenvalue weighted by atomic mass is 9.53. The number of carbonyl (C=O) groups is 4. The first kappa shape index (κ1) is 26.4. The number of hydrogen-bond donors (Lipinski definition) is 3. The number of cyclic esters (lactones) is 1. The number of fused-ring (bicyclic) bond motifs is 4. The molecule has 11 heteroatoms. The third-order valence-corrected chi connectivity index (χ3v) is 9.30. The number of aliphatic carboxylic acids is 1. The molecule has 7 atom stereocenters. The Labute approximate surface area is 219 Å². The minimum absolute atomic E-state index is 0.00916. The van der Waals surface area contributed by atoms with Gasteiger partial charge in [0.05, 0.1) is 23.7 Å². The number of aliphatic hydroxyl groups excluding tert-OH is 2. The third kappa shape index (κ3) is 3.54. The van der Waals surface area contributed by atoms with E-state index >= 15 is 0 Å². The lowest BCUT2D eigenvalue weighted by Gasteiger charge is -2.54. The van der Waals surface area contributed by atoms with Gasteiger partial charge in [0, 0.05) is 43.3 Å². The van der Waals surface area contributed by atoms with Crippen molar-refractivity contribution in [3.63, 3.8) is 0 Å². The van der Waals surface area contributed by atoms with Gasteiger partial charge >= 0.3 is 17.9 Å². The van der Waals surface area contributed by atoms with Crippen molar-refractivity contribution in [2.24, 2.45) is 16.7 Å². The maximum Gasteiger partial charge on any atom is 0.340 e. The summed E-state index contributed by atoms with van der Waals surface area (Å²) in [6.07, 6.45) is 0.264. The van der Waals surface area contributed by atoms with Crippen molar-refractivity contribution in [3.05, 3.63) is 34.3 Å². The second-order valence-corrected chi connectivity index (χ2v) is 11.3. The van der Waals surface area contributed by atoms with Crippen LogP contribution in [0, 0.1) is 16.7 Å². The first-order valence-electron chi connectivity index (χ1n) is 12.8. The van der Waals surface area contributed by atoms with Crippen LogP contribution < -0.4 is 0 Å². The van der Waals surface area contributed by atoms with Crippen LogP contribution in [0.2, 0.25) is 0 Å². The van der Waals surface area contributed by atoms with Gasteiger partial charge in [0.2, 0.25) is 5.78 Å². The SMILES string of the molecule is COCC1OC(=O)/C(=C\N2CCC2C(=O)O)C2=C(O)C(=O)C3=C(C(OC(C)=O)CC4(C)C(O)CCC34)C21C. The zero-order chi connectivity index (χ0) is 27.7. The van der Waals surface area contributed by atoms with Crippen LogP contribution in [0.15, 0.2) is 34.3 Å². The van der Waals surface area contributed by atoms with Crippen LogP contribution in [0.25, 0.3) is 0 Å². The minimum Gasteiger partial charge on any atom is -0.504 e. The summed E-state index contributed by atoms with van der Waals surface area (Å²) in [6, 6.07) is -0.848. The Bertz CT molecular complexity index is 1220. The summed E-state index contributed by atoms with van der Waals surface area (Å²) < 4.78 is 17.0. The van der Waals surface area contributed by atoms with E-state index in [9.17, 15) is 34.5 Å². The molecule has 0 aromatic rings. The second-order valence-electron chi connectivity index (χ2n) is 11.3. The van der Waals surface area contributed by atoms with E-state index in [1.54, 1.807) is 6.92 Å². The molecule has 0 aromatic carbocycles. The van der Waals surface area contributed by atoms with Crippen molar-refractivity contribution in [1.29, 1.82) is 0 Å². The van der Waals surface area contributed by atoms with E-state index in [0.717, 1.165) is 0 Å². The predicted molar refractivity (Wildman–Crippen MR) is 129 cm³/mol. The normalized spacial score (nSPS) is 39.3. The Balaban J connectivity index is 1.74. The van der Waals surface area contributed by atoms with Crippen molar-refractivity contribution >= 4 is 23.7 Å². The maximum absolute atomic E-state index is 13.9. The van der Waals surface area contributed by atoms with E-state index < -0.39 is 70.6 Å². The minimum atomic E-state index is -1.33. The number of ether oxygens (including phenoxy) is 3. The number of hydrogen-bond acceptors (Lipinski definition) is 10. The van der Waals surface area contributed by atoms with Gasteiger partial charge in [-0.15, -0.1) is 0 Å². The van der Waals surface area contributed by atoms with Gasteiger partial charge in [-0.1, -0.05) is 6.92 Å². The topological polar surface area (TPSA) is 160 Å². The molecule has 38 heavy (non-hydrogen) atoms. The summed E-state index contributed by atoms with van der Waals surface area (Å²) in [7, 11) is 1.43. The summed E-state index contributed by atoms with van der Waals surface area (Å²) >= 11 is 0. The average Bonchev–Trinajstić information content (AvgIpc) is 3.10. The summed E-state index contributed by atoms with van der Waals surface area (Å²) in [5.41, 5.74) is -1.51. The van der Waals surface area contributed by atoms with Gasteiger partial charge < -0.3 is 34.4 Å². The fourth-order valence-electron chi connectivity index (χ4n) is 7.27. The van der Waals surface area contributed by atoms with Crippen LogP contribution in [0.4, 0.5) is 0 Å². The molecule has 0 spiro atoms. The lowest BCUT2D eigenvalue weighted by Crippen LogP contribution is -2.57. The number of carboxylic acids is 1. The zero-order valence-corrected chi connectivity index (χ0v) is 21.9. The van der Waals surface area contributed by atoms with Gasteiger partial charge in [-0.05, 0) is 44.1 Å². The van der Waals surface area contributed by atoms with E-state index in [1.807, 2.05) is 6.92 Å². The van der Waals surface area contributed by atoms with E-state index in [4.69, 9.17) is 14.2 Å². The molecule has 3 fully saturated rings. The van der Waals surface area contributed by atoms with Gasteiger partial charge in [-0.25, -0.2) is 9.59 Å². The fourth-order valence-corrected chi connectivity index (χ4v) is 7.27. The molecule has 5 aliphatic rings. The zero-order valence-electron chi connectivity index (χ0n) is 21.9. The number of methoxy groups -OCH3 is 1. The number of likely N-dealkylation sites (tertiary alicyclic amines) is 1. The highest BCUT2D eigenvalue weighted by Crippen LogP contribution is 2.63. The largest absolute Gasteiger partial charge is 0.504 e. The molecule has 7 unspecified atom stereocenters. The molecule has 1 saturated carbocycles. The lowest BCUT2D eigenvalue weighted by molar-refractivity contribution is -0.161. The molecular formula is C27H33NO10. The summed E-state index contributed by atoms with van der Waals surface area (Å²) in [6.45, 7) is 5.14. The molecular weight excluding hydrogens is 498 g/mol. The predicted octanol–water partition coefficient (Wildman–Crippen LogP) is 1.41. The molecule has 206 valence electrons.